The number of piperazine rings is 1. The molecule has 1 aliphatic rings. The lowest BCUT2D eigenvalue weighted by molar-refractivity contribution is 0.0746. The molecule has 6 nitrogen and oxygen atoms in total. The van der Waals surface area contributed by atoms with Crippen LogP contribution in [0.3, 0.4) is 0 Å². The number of halogens is 2. The minimum Gasteiger partial charge on any atom is -0.477 e. The van der Waals surface area contributed by atoms with Gasteiger partial charge in [0.1, 0.15) is 18.0 Å². The van der Waals surface area contributed by atoms with Gasteiger partial charge in [-0.1, -0.05) is 25.4 Å². The van der Waals surface area contributed by atoms with Gasteiger partial charge in [-0.2, -0.15) is 0 Å². The number of hydrogen-bond acceptors (Lipinski definition) is 5. The second kappa shape index (κ2) is 8.52. The van der Waals surface area contributed by atoms with E-state index in [1.165, 1.54) is 18.5 Å². The maximum absolute atomic E-state index is 13.6. The lowest BCUT2D eigenvalue weighted by atomic mass is 10.1. The normalized spacial score (nSPS) is 14.6. The summed E-state index contributed by atoms with van der Waals surface area (Å²) in [6.07, 6.45) is 1.49. The van der Waals surface area contributed by atoms with Crippen molar-refractivity contribution in [2.45, 2.75) is 13.8 Å². The number of carbonyl (C=O) groups is 1. The van der Waals surface area contributed by atoms with E-state index in [0.29, 0.717) is 50.1 Å². The average Bonchev–Trinajstić information content (AvgIpc) is 2.68. The molecule has 1 aromatic carbocycles. The van der Waals surface area contributed by atoms with E-state index >= 15 is 0 Å². The molecule has 1 amide bonds. The Hall–Kier alpha value is -2.41. The SMILES string of the molecule is CC(C)COc1cc(N2CCN(C(=O)c3ccc(Cl)c(F)c3)CC2)ncn1. The Bertz CT molecular complexity index is 810. The van der Waals surface area contributed by atoms with Crippen LogP contribution in [0.15, 0.2) is 30.6 Å². The van der Waals surface area contributed by atoms with Gasteiger partial charge in [0.05, 0.1) is 11.6 Å². The number of nitrogens with zero attached hydrogens (tertiary/aromatic N) is 4. The molecule has 27 heavy (non-hydrogen) atoms. The van der Waals surface area contributed by atoms with E-state index in [-0.39, 0.29) is 10.9 Å². The van der Waals surface area contributed by atoms with Crippen molar-refractivity contribution in [2.24, 2.45) is 5.92 Å². The largest absolute Gasteiger partial charge is 0.477 e. The maximum atomic E-state index is 13.6. The van der Waals surface area contributed by atoms with Crippen LogP contribution in [-0.2, 0) is 0 Å². The predicted molar refractivity (Wildman–Crippen MR) is 102 cm³/mol. The number of benzene rings is 1. The molecule has 0 saturated carbocycles. The predicted octanol–water partition coefficient (Wildman–Crippen LogP) is 3.27. The number of carbonyl (C=O) groups excluding carboxylic acids is 1. The summed E-state index contributed by atoms with van der Waals surface area (Å²) in [5, 5.41) is 0.00983. The van der Waals surface area contributed by atoms with Gasteiger partial charge < -0.3 is 14.5 Å². The van der Waals surface area contributed by atoms with Crippen molar-refractivity contribution in [3.05, 3.63) is 47.0 Å². The van der Waals surface area contributed by atoms with Crippen molar-refractivity contribution in [2.75, 3.05) is 37.7 Å². The van der Waals surface area contributed by atoms with Gasteiger partial charge in [-0.3, -0.25) is 4.79 Å². The highest BCUT2D eigenvalue weighted by Crippen LogP contribution is 2.20. The van der Waals surface area contributed by atoms with Crippen molar-refractivity contribution in [3.8, 4) is 5.88 Å². The molecule has 0 aliphatic carbocycles. The third kappa shape index (κ3) is 4.86. The van der Waals surface area contributed by atoms with E-state index in [9.17, 15) is 9.18 Å². The Kier molecular flexibility index (Phi) is 6.11. The molecule has 0 atom stereocenters. The zero-order chi connectivity index (χ0) is 19.4. The number of hydrogen-bond donors (Lipinski definition) is 0. The van der Waals surface area contributed by atoms with Crippen LogP contribution >= 0.6 is 11.6 Å². The second-order valence-electron chi connectivity index (χ2n) is 6.83. The maximum Gasteiger partial charge on any atom is 0.254 e. The van der Waals surface area contributed by atoms with Gasteiger partial charge in [0.15, 0.2) is 0 Å². The molecule has 1 saturated heterocycles. The van der Waals surface area contributed by atoms with Gasteiger partial charge >= 0.3 is 0 Å². The van der Waals surface area contributed by atoms with E-state index in [2.05, 4.69) is 28.7 Å². The molecule has 2 heterocycles. The van der Waals surface area contributed by atoms with Crippen molar-refractivity contribution >= 4 is 23.3 Å². The summed E-state index contributed by atoms with van der Waals surface area (Å²) in [4.78, 5) is 24.8. The van der Waals surface area contributed by atoms with Gasteiger partial charge in [-0.05, 0) is 24.1 Å². The van der Waals surface area contributed by atoms with Crippen LogP contribution in [-0.4, -0.2) is 53.6 Å². The molecular formula is C19H22ClFN4O2. The van der Waals surface area contributed by atoms with E-state index in [1.807, 2.05) is 6.07 Å². The fraction of sp³-hybridized carbons (Fsp3) is 0.421. The summed E-state index contributed by atoms with van der Waals surface area (Å²) < 4.78 is 19.3. The topological polar surface area (TPSA) is 58.6 Å². The molecule has 3 rings (SSSR count). The monoisotopic (exact) mass is 392 g/mol. The van der Waals surface area contributed by atoms with Gasteiger partial charge in [0, 0.05) is 37.8 Å². The average molecular weight is 393 g/mol. The van der Waals surface area contributed by atoms with Crippen molar-refractivity contribution < 1.29 is 13.9 Å². The summed E-state index contributed by atoms with van der Waals surface area (Å²) in [7, 11) is 0. The fourth-order valence-electron chi connectivity index (χ4n) is 2.78. The molecule has 0 spiro atoms. The minimum absolute atomic E-state index is 0.00983. The third-order valence-electron chi connectivity index (χ3n) is 4.25. The van der Waals surface area contributed by atoms with Crippen LogP contribution in [0.5, 0.6) is 5.88 Å². The summed E-state index contributed by atoms with van der Waals surface area (Å²) in [5.74, 6) is 0.942. The lowest BCUT2D eigenvalue weighted by Gasteiger charge is -2.35. The Balaban J connectivity index is 1.60. The molecule has 0 radical (unpaired) electrons. The number of aromatic nitrogens is 2. The fourth-order valence-corrected chi connectivity index (χ4v) is 2.90. The Morgan fingerprint density at radius 1 is 1.22 bits per heavy atom. The molecule has 144 valence electrons. The Morgan fingerprint density at radius 3 is 2.63 bits per heavy atom. The molecule has 1 fully saturated rings. The molecule has 2 aromatic rings. The zero-order valence-corrected chi connectivity index (χ0v) is 16.1. The van der Waals surface area contributed by atoms with Crippen LogP contribution in [0.25, 0.3) is 0 Å². The van der Waals surface area contributed by atoms with Crippen molar-refractivity contribution in [3.63, 3.8) is 0 Å². The lowest BCUT2D eigenvalue weighted by Crippen LogP contribution is -2.49. The van der Waals surface area contributed by atoms with Crippen molar-refractivity contribution in [1.29, 1.82) is 0 Å². The number of anilines is 1. The zero-order valence-electron chi connectivity index (χ0n) is 15.4. The summed E-state index contributed by atoms with van der Waals surface area (Å²) in [5.41, 5.74) is 0.303. The summed E-state index contributed by atoms with van der Waals surface area (Å²) in [6, 6.07) is 5.94. The minimum atomic E-state index is -0.587. The van der Waals surface area contributed by atoms with E-state index in [1.54, 1.807) is 11.0 Å². The van der Waals surface area contributed by atoms with Crippen LogP contribution in [0, 0.1) is 11.7 Å². The van der Waals surface area contributed by atoms with Crippen LogP contribution in [0.2, 0.25) is 5.02 Å². The first-order valence-corrected chi connectivity index (χ1v) is 9.26. The van der Waals surface area contributed by atoms with Gasteiger partial charge in [-0.25, -0.2) is 14.4 Å². The third-order valence-corrected chi connectivity index (χ3v) is 4.56. The van der Waals surface area contributed by atoms with Crippen molar-refractivity contribution in [1.82, 2.24) is 14.9 Å². The number of amides is 1. The first-order chi connectivity index (χ1) is 12.9. The molecule has 1 aromatic heterocycles. The van der Waals surface area contributed by atoms with Gasteiger partial charge in [0.2, 0.25) is 5.88 Å². The molecule has 0 N–H and O–H groups in total. The standard InChI is InChI=1S/C19H22ClFN4O2/c1-13(2)11-27-18-10-17(22-12-23-18)24-5-7-25(8-6-24)19(26)14-3-4-15(20)16(21)9-14/h3-4,9-10,12-13H,5-8,11H2,1-2H3. The van der Waals surface area contributed by atoms with Crippen LogP contribution < -0.4 is 9.64 Å². The van der Waals surface area contributed by atoms with Crippen LogP contribution in [0.4, 0.5) is 10.2 Å². The smallest absolute Gasteiger partial charge is 0.254 e. The highest BCUT2D eigenvalue weighted by molar-refractivity contribution is 6.30. The van der Waals surface area contributed by atoms with E-state index < -0.39 is 5.82 Å². The highest BCUT2D eigenvalue weighted by Gasteiger charge is 2.23. The molecular weight excluding hydrogens is 371 g/mol. The molecule has 0 unspecified atom stereocenters. The molecule has 0 bridgehead atoms. The first kappa shape index (κ1) is 19.4. The van der Waals surface area contributed by atoms with Gasteiger partial charge in [-0.15, -0.1) is 0 Å². The summed E-state index contributed by atoms with van der Waals surface area (Å²) >= 11 is 5.68. The number of rotatable bonds is 5. The first-order valence-electron chi connectivity index (χ1n) is 8.88. The quantitative estimate of drug-likeness (QED) is 0.781. The second-order valence-corrected chi connectivity index (χ2v) is 7.23. The Morgan fingerprint density at radius 2 is 1.96 bits per heavy atom. The summed E-state index contributed by atoms with van der Waals surface area (Å²) in [6.45, 7) is 7.04. The van der Waals surface area contributed by atoms with E-state index in [4.69, 9.17) is 16.3 Å². The molecule has 8 heteroatoms. The molecule has 1 aliphatic heterocycles. The van der Waals surface area contributed by atoms with Crippen LogP contribution in [0.1, 0.15) is 24.2 Å². The van der Waals surface area contributed by atoms with E-state index in [0.717, 1.165) is 5.82 Å². The highest BCUT2D eigenvalue weighted by atomic mass is 35.5. The number of ether oxygens (including phenoxy) is 1. The Labute approximate surface area is 162 Å². The van der Waals surface area contributed by atoms with Gasteiger partial charge in [0.25, 0.3) is 5.91 Å².